The van der Waals surface area contributed by atoms with Crippen molar-refractivity contribution in [2.75, 3.05) is 0 Å². The fraction of sp³-hybridized carbons (Fsp3) is 0.333. The van der Waals surface area contributed by atoms with E-state index in [2.05, 4.69) is 15.9 Å². The minimum Gasteiger partial charge on any atom is -0.258 e. The molecular weight excluding hydrogens is 234 g/mol. The summed E-state index contributed by atoms with van der Waals surface area (Å²) in [5.41, 5.74) is 2.75. The van der Waals surface area contributed by atoms with Crippen LogP contribution in [0, 0.1) is 30.9 Å². The Morgan fingerprint density at radius 2 is 1.85 bits per heavy atom. The molecule has 0 saturated heterocycles. The number of nitro groups is 1. The van der Waals surface area contributed by atoms with Crippen molar-refractivity contribution in [2.24, 2.45) is 0 Å². The van der Waals surface area contributed by atoms with E-state index >= 15 is 0 Å². The molecule has 0 N–H and O–H groups in total. The SMILES string of the molecule is Cc1cc([N+](=O)[O-])c(C)c(C)c1Br. The molecule has 0 aliphatic heterocycles. The van der Waals surface area contributed by atoms with Gasteiger partial charge in [-0.3, -0.25) is 10.1 Å². The van der Waals surface area contributed by atoms with E-state index in [4.69, 9.17) is 0 Å². The maximum atomic E-state index is 10.6. The number of hydrogen-bond donors (Lipinski definition) is 0. The predicted octanol–water partition coefficient (Wildman–Crippen LogP) is 3.28. The highest BCUT2D eigenvalue weighted by molar-refractivity contribution is 9.10. The molecular formula is C9H10BrNO2. The Hall–Kier alpha value is -0.900. The molecule has 1 aromatic carbocycles. The van der Waals surface area contributed by atoms with Crippen LogP contribution in [0.15, 0.2) is 10.5 Å². The smallest absolute Gasteiger partial charge is 0.258 e. The van der Waals surface area contributed by atoms with Crippen LogP contribution in [-0.2, 0) is 0 Å². The van der Waals surface area contributed by atoms with Gasteiger partial charge >= 0.3 is 0 Å². The summed E-state index contributed by atoms with van der Waals surface area (Å²) in [5.74, 6) is 0. The van der Waals surface area contributed by atoms with Crippen molar-refractivity contribution in [2.45, 2.75) is 20.8 Å². The average molecular weight is 244 g/mol. The van der Waals surface area contributed by atoms with Crippen molar-refractivity contribution in [1.29, 1.82) is 0 Å². The fourth-order valence-corrected chi connectivity index (χ4v) is 1.63. The fourth-order valence-electron chi connectivity index (χ4n) is 1.22. The first-order valence-corrected chi connectivity index (χ1v) is 4.65. The number of nitro benzene ring substituents is 1. The van der Waals surface area contributed by atoms with Gasteiger partial charge in [-0.1, -0.05) is 15.9 Å². The lowest BCUT2D eigenvalue weighted by molar-refractivity contribution is -0.385. The number of nitrogens with zero attached hydrogens (tertiary/aromatic N) is 1. The van der Waals surface area contributed by atoms with Crippen molar-refractivity contribution in [3.8, 4) is 0 Å². The van der Waals surface area contributed by atoms with Crippen molar-refractivity contribution >= 4 is 21.6 Å². The van der Waals surface area contributed by atoms with Gasteiger partial charge in [0.15, 0.2) is 0 Å². The molecule has 0 aliphatic rings. The van der Waals surface area contributed by atoms with Crippen molar-refractivity contribution in [3.05, 3.63) is 37.3 Å². The van der Waals surface area contributed by atoms with E-state index in [9.17, 15) is 10.1 Å². The summed E-state index contributed by atoms with van der Waals surface area (Å²) in [5, 5.41) is 10.6. The molecule has 13 heavy (non-hydrogen) atoms. The van der Waals surface area contributed by atoms with E-state index in [1.54, 1.807) is 13.0 Å². The Morgan fingerprint density at radius 1 is 1.31 bits per heavy atom. The van der Waals surface area contributed by atoms with Crippen molar-refractivity contribution in [3.63, 3.8) is 0 Å². The molecule has 0 fully saturated rings. The Kier molecular flexibility index (Phi) is 2.71. The standard InChI is InChI=1S/C9H10BrNO2/c1-5-4-8(11(12)13)6(2)7(3)9(5)10/h4H,1-3H3. The molecule has 0 saturated carbocycles. The summed E-state index contributed by atoms with van der Waals surface area (Å²) in [4.78, 5) is 10.3. The first-order valence-electron chi connectivity index (χ1n) is 3.86. The normalized spacial score (nSPS) is 10.2. The van der Waals surface area contributed by atoms with Gasteiger partial charge in [0.05, 0.1) is 4.92 Å². The highest BCUT2D eigenvalue weighted by Gasteiger charge is 2.15. The lowest BCUT2D eigenvalue weighted by Gasteiger charge is -2.06. The van der Waals surface area contributed by atoms with Gasteiger partial charge in [-0.05, 0) is 31.9 Å². The van der Waals surface area contributed by atoms with Crippen LogP contribution >= 0.6 is 15.9 Å². The summed E-state index contributed by atoms with van der Waals surface area (Å²) in [6.45, 7) is 5.49. The first kappa shape index (κ1) is 10.2. The number of rotatable bonds is 1. The van der Waals surface area contributed by atoms with E-state index in [0.29, 0.717) is 0 Å². The highest BCUT2D eigenvalue weighted by Crippen LogP contribution is 2.30. The van der Waals surface area contributed by atoms with Crippen molar-refractivity contribution in [1.82, 2.24) is 0 Å². The second kappa shape index (κ2) is 3.46. The van der Waals surface area contributed by atoms with Gasteiger partial charge in [0.2, 0.25) is 0 Å². The summed E-state index contributed by atoms with van der Waals surface area (Å²) < 4.78 is 0.954. The molecule has 0 unspecified atom stereocenters. The van der Waals surface area contributed by atoms with Crippen LogP contribution in [0.3, 0.4) is 0 Å². The minimum atomic E-state index is -0.345. The largest absolute Gasteiger partial charge is 0.272 e. The quantitative estimate of drug-likeness (QED) is 0.562. The van der Waals surface area contributed by atoms with E-state index in [1.165, 1.54) is 0 Å². The van der Waals surface area contributed by atoms with Crippen LogP contribution < -0.4 is 0 Å². The van der Waals surface area contributed by atoms with Gasteiger partial charge in [0.25, 0.3) is 5.69 Å². The van der Waals surface area contributed by atoms with E-state index in [-0.39, 0.29) is 10.6 Å². The zero-order chi connectivity index (χ0) is 10.2. The predicted molar refractivity (Wildman–Crippen MR) is 55.0 cm³/mol. The molecule has 0 aliphatic carbocycles. The summed E-state index contributed by atoms with van der Waals surface area (Å²) in [6, 6.07) is 1.59. The molecule has 0 aromatic heterocycles. The van der Waals surface area contributed by atoms with Gasteiger partial charge < -0.3 is 0 Å². The molecule has 0 spiro atoms. The lowest BCUT2D eigenvalue weighted by atomic mass is 10.0. The zero-order valence-electron chi connectivity index (χ0n) is 7.72. The van der Waals surface area contributed by atoms with Crippen LogP contribution in [0.25, 0.3) is 0 Å². The molecule has 3 nitrogen and oxygen atoms in total. The second-order valence-electron chi connectivity index (χ2n) is 3.03. The maximum absolute atomic E-state index is 10.6. The van der Waals surface area contributed by atoms with Crippen LogP contribution in [-0.4, -0.2) is 4.92 Å². The molecule has 4 heteroatoms. The molecule has 0 radical (unpaired) electrons. The number of halogens is 1. The summed E-state index contributed by atoms with van der Waals surface area (Å²) >= 11 is 3.39. The highest BCUT2D eigenvalue weighted by atomic mass is 79.9. The number of hydrogen-bond acceptors (Lipinski definition) is 2. The Morgan fingerprint density at radius 3 is 2.31 bits per heavy atom. The maximum Gasteiger partial charge on any atom is 0.272 e. The minimum absolute atomic E-state index is 0.193. The third-order valence-corrected chi connectivity index (χ3v) is 3.39. The van der Waals surface area contributed by atoms with Gasteiger partial charge in [-0.15, -0.1) is 0 Å². The molecule has 0 atom stereocenters. The monoisotopic (exact) mass is 243 g/mol. The summed E-state index contributed by atoms with van der Waals surface area (Å²) in [6.07, 6.45) is 0. The first-order chi connectivity index (χ1) is 5.95. The summed E-state index contributed by atoms with van der Waals surface area (Å²) in [7, 11) is 0. The van der Waals surface area contributed by atoms with Crippen LogP contribution in [0.2, 0.25) is 0 Å². The van der Waals surface area contributed by atoms with Gasteiger partial charge in [0, 0.05) is 16.1 Å². The molecule has 70 valence electrons. The van der Waals surface area contributed by atoms with Gasteiger partial charge in [-0.25, -0.2) is 0 Å². The topological polar surface area (TPSA) is 43.1 Å². The number of benzene rings is 1. The zero-order valence-corrected chi connectivity index (χ0v) is 9.31. The van der Waals surface area contributed by atoms with E-state index in [0.717, 1.165) is 21.2 Å². The van der Waals surface area contributed by atoms with E-state index in [1.807, 2.05) is 13.8 Å². The third-order valence-electron chi connectivity index (χ3n) is 2.17. The van der Waals surface area contributed by atoms with Crippen LogP contribution in [0.4, 0.5) is 5.69 Å². The molecule has 0 heterocycles. The Labute approximate surface area is 85.0 Å². The third kappa shape index (κ3) is 1.72. The lowest BCUT2D eigenvalue weighted by Crippen LogP contribution is -1.96. The average Bonchev–Trinajstić information content (AvgIpc) is 2.07. The molecule has 0 bridgehead atoms. The number of aryl methyl sites for hydroxylation is 1. The van der Waals surface area contributed by atoms with Crippen molar-refractivity contribution < 1.29 is 4.92 Å². The molecule has 1 aromatic rings. The Balaban J connectivity index is 3.50. The van der Waals surface area contributed by atoms with Crippen LogP contribution in [0.5, 0.6) is 0 Å². The van der Waals surface area contributed by atoms with E-state index < -0.39 is 0 Å². The molecule has 0 amide bonds. The van der Waals surface area contributed by atoms with Crippen LogP contribution in [0.1, 0.15) is 16.7 Å². The van der Waals surface area contributed by atoms with Gasteiger partial charge in [0.1, 0.15) is 0 Å². The molecule has 1 rings (SSSR count). The Bertz CT molecular complexity index is 374. The second-order valence-corrected chi connectivity index (χ2v) is 3.83. The van der Waals surface area contributed by atoms with Gasteiger partial charge in [-0.2, -0.15) is 0 Å².